The highest BCUT2D eigenvalue weighted by Crippen LogP contribution is 2.66. The molecular weight excluding hydrogens is 615 g/mol. The molecule has 0 fully saturated rings. The standard InChI is InChI=1S/C50H45N/c1-48(2,3)44-42-37-24-13-16-26-39(37)49(4,5)45(42)47(46-43(44)38-25-14-17-27-40(38)50(46,6)7)51(35-30-29-32-19-11-12-22-34(32)31-35)41-28-18-15-23-36(41)33-20-9-8-10-21-33/h8-31H,1-7H3. The number of para-hydroxylation sites is 1. The van der Waals surface area contributed by atoms with E-state index in [2.05, 4.69) is 199 Å². The van der Waals surface area contributed by atoms with Crippen molar-refractivity contribution in [3.8, 4) is 33.4 Å². The molecule has 0 aliphatic heterocycles. The summed E-state index contributed by atoms with van der Waals surface area (Å²) in [5.74, 6) is 0. The molecule has 250 valence electrons. The van der Waals surface area contributed by atoms with Crippen molar-refractivity contribution in [2.75, 3.05) is 4.90 Å². The molecule has 0 N–H and O–H groups in total. The number of hydrogen-bond donors (Lipinski definition) is 0. The van der Waals surface area contributed by atoms with Crippen molar-refractivity contribution < 1.29 is 0 Å². The highest BCUT2D eigenvalue weighted by atomic mass is 15.2. The first kappa shape index (κ1) is 31.6. The SMILES string of the molecule is CC(C)(C)c1c2c(c(N(c3ccc4ccccc4c3)c3ccccc3-c3ccccc3)c3c1-c1ccccc1C3(C)C)C(C)(C)c1ccccc1-2. The molecule has 0 saturated heterocycles. The summed E-state index contributed by atoms with van der Waals surface area (Å²) in [6.45, 7) is 17.1. The van der Waals surface area contributed by atoms with E-state index < -0.39 is 0 Å². The average molecular weight is 660 g/mol. The maximum Gasteiger partial charge on any atom is 0.0556 e. The summed E-state index contributed by atoms with van der Waals surface area (Å²) in [6.07, 6.45) is 0. The van der Waals surface area contributed by atoms with Crippen molar-refractivity contribution in [2.45, 2.75) is 64.7 Å². The van der Waals surface area contributed by atoms with E-state index in [9.17, 15) is 0 Å². The molecule has 1 heteroatoms. The van der Waals surface area contributed by atoms with Crippen LogP contribution in [0.3, 0.4) is 0 Å². The summed E-state index contributed by atoms with van der Waals surface area (Å²) in [5.41, 5.74) is 18.1. The number of benzene rings is 7. The third kappa shape index (κ3) is 4.53. The van der Waals surface area contributed by atoms with Crippen LogP contribution in [0.15, 0.2) is 146 Å². The number of fused-ring (bicyclic) bond motifs is 7. The minimum Gasteiger partial charge on any atom is -0.309 e. The average Bonchev–Trinajstić information content (AvgIpc) is 3.51. The van der Waals surface area contributed by atoms with Crippen LogP contribution in [0.1, 0.15) is 76.3 Å². The van der Waals surface area contributed by atoms with E-state index in [-0.39, 0.29) is 16.2 Å². The van der Waals surface area contributed by atoms with Gasteiger partial charge < -0.3 is 4.90 Å². The summed E-state index contributed by atoms with van der Waals surface area (Å²) in [7, 11) is 0. The molecule has 2 aliphatic rings. The van der Waals surface area contributed by atoms with E-state index in [1.807, 2.05) is 0 Å². The number of rotatable bonds is 4. The maximum atomic E-state index is 2.64. The van der Waals surface area contributed by atoms with E-state index in [1.54, 1.807) is 0 Å². The summed E-state index contributed by atoms with van der Waals surface area (Å²) in [5, 5.41) is 2.48. The fourth-order valence-electron chi connectivity index (χ4n) is 9.46. The van der Waals surface area contributed by atoms with Crippen LogP contribution in [0.5, 0.6) is 0 Å². The van der Waals surface area contributed by atoms with Gasteiger partial charge in [-0.15, -0.1) is 0 Å². The quantitative estimate of drug-likeness (QED) is 0.182. The zero-order valence-corrected chi connectivity index (χ0v) is 30.8. The number of anilines is 3. The zero-order chi connectivity index (χ0) is 35.3. The van der Waals surface area contributed by atoms with Gasteiger partial charge in [-0.2, -0.15) is 0 Å². The van der Waals surface area contributed by atoms with E-state index in [0.717, 1.165) is 0 Å². The van der Waals surface area contributed by atoms with Crippen molar-refractivity contribution in [1.82, 2.24) is 0 Å². The lowest BCUT2D eigenvalue weighted by molar-refractivity contribution is 0.587. The molecule has 7 aromatic carbocycles. The van der Waals surface area contributed by atoms with Crippen LogP contribution in [0, 0.1) is 0 Å². The van der Waals surface area contributed by atoms with Gasteiger partial charge in [-0.3, -0.25) is 0 Å². The molecule has 0 atom stereocenters. The topological polar surface area (TPSA) is 3.24 Å². The molecule has 2 aliphatic carbocycles. The largest absolute Gasteiger partial charge is 0.309 e. The van der Waals surface area contributed by atoms with Gasteiger partial charge in [0.15, 0.2) is 0 Å². The molecule has 0 spiro atoms. The van der Waals surface area contributed by atoms with Crippen LogP contribution >= 0.6 is 0 Å². The molecule has 1 nitrogen and oxygen atoms in total. The summed E-state index contributed by atoms with van der Waals surface area (Å²) in [4.78, 5) is 2.64. The molecular formula is C50H45N. The van der Waals surface area contributed by atoms with Gasteiger partial charge in [-0.05, 0) is 90.0 Å². The predicted octanol–water partition coefficient (Wildman–Crippen LogP) is 13.9. The van der Waals surface area contributed by atoms with Gasteiger partial charge in [0.1, 0.15) is 0 Å². The van der Waals surface area contributed by atoms with Gasteiger partial charge in [0.2, 0.25) is 0 Å². The first-order valence-electron chi connectivity index (χ1n) is 18.4. The monoisotopic (exact) mass is 659 g/mol. The minimum absolute atomic E-state index is 0.108. The van der Waals surface area contributed by atoms with E-state index in [4.69, 9.17) is 0 Å². The summed E-state index contributed by atoms with van der Waals surface area (Å²) >= 11 is 0. The van der Waals surface area contributed by atoms with E-state index in [0.29, 0.717) is 0 Å². The second kappa shape index (κ2) is 11.0. The van der Waals surface area contributed by atoms with E-state index in [1.165, 1.54) is 89.0 Å². The smallest absolute Gasteiger partial charge is 0.0556 e. The second-order valence-corrected chi connectivity index (χ2v) is 16.6. The van der Waals surface area contributed by atoms with Crippen LogP contribution in [0.2, 0.25) is 0 Å². The highest BCUT2D eigenvalue weighted by Gasteiger charge is 2.50. The van der Waals surface area contributed by atoms with Crippen molar-refractivity contribution in [2.24, 2.45) is 0 Å². The third-order valence-corrected chi connectivity index (χ3v) is 11.7. The van der Waals surface area contributed by atoms with Crippen LogP contribution in [0.25, 0.3) is 44.2 Å². The lowest BCUT2D eigenvalue weighted by atomic mass is 9.70. The Kier molecular flexibility index (Phi) is 6.84. The van der Waals surface area contributed by atoms with Crippen molar-refractivity contribution >= 4 is 27.8 Å². The highest BCUT2D eigenvalue weighted by molar-refractivity contribution is 6.05. The molecule has 0 aromatic heterocycles. The Bertz CT molecular complexity index is 2420. The Morgan fingerprint density at radius 1 is 0.471 bits per heavy atom. The van der Waals surface area contributed by atoms with Crippen molar-refractivity contribution in [3.05, 3.63) is 173 Å². The Balaban J connectivity index is 1.52. The first-order valence-corrected chi connectivity index (χ1v) is 18.4. The zero-order valence-electron chi connectivity index (χ0n) is 30.8. The summed E-state index contributed by atoms with van der Waals surface area (Å²) in [6, 6.07) is 54.1. The van der Waals surface area contributed by atoms with Crippen LogP contribution in [-0.2, 0) is 16.2 Å². The van der Waals surface area contributed by atoms with Gasteiger partial charge in [-0.1, -0.05) is 176 Å². The molecule has 0 radical (unpaired) electrons. The van der Waals surface area contributed by atoms with Gasteiger partial charge in [0.05, 0.1) is 11.4 Å². The Morgan fingerprint density at radius 2 is 0.961 bits per heavy atom. The van der Waals surface area contributed by atoms with Gasteiger partial charge in [0.25, 0.3) is 0 Å². The van der Waals surface area contributed by atoms with Crippen LogP contribution in [-0.4, -0.2) is 0 Å². The fraction of sp³-hybridized carbons (Fsp3) is 0.200. The van der Waals surface area contributed by atoms with Gasteiger partial charge in [0, 0.05) is 22.1 Å². The normalized spacial score (nSPS) is 14.9. The lowest BCUT2D eigenvalue weighted by Gasteiger charge is -2.40. The number of hydrogen-bond acceptors (Lipinski definition) is 1. The number of nitrogens with zero attached hydrogens (tertiary/aromatic N) is 1. The first-order chi connectivity index (χ1) is 24.5. The minimum atomic E-state index is -0.252. The molecule has 9 rings (SSSR count). The second-order valence-electron chi connectivity index (χ2n) is 16.6. The van der Waals surface area contributed by atoms with Gasteiger partial charge in [-0.25, -0.2) is 0 Å². The molecule has 0 heterocycles. The molecule has 0 saturated carbocycles. The van der Waals surface area contributed by atoms with Gasteiger partial charge >= 0.3 is 0 Å². The Hall–Kier alpha value is -5.40. The Labute approximate surface area is 303 Å². The predicted molar refractivity (Wildman–Crippen MR) is 218 cm³/mol. The molecule has 51 heavy (non-hydrogen) atoms. The molecule has 0 unspecified atom stereocenters. The van der Waals surface area contributed by atoms with Crippen molar-refractivity contribution in [1.29, 1.82) is 0 Å². The van der Waals surface area contributed by atoms with Crippen LogP contribution < -0.4 is 4.90 Å². The Morgan fingerprint density at radius 3 is 1.55 bits per heavy atom. The molecule has 0 amide bonds. The third-order valence-electron chi connectivity index (χ3n) is 11.7. The maximum absolute atomic E-state index is 2.64. The molecule has 0 bridgehead atoms. The molecule has 7 aromatic rings. The van der Waals surface area contributed by atoms with Crippen molar-refractivity contribution in [3.63, 3.8) is 0 Å². The fourth-order valence-corrected chi connectivity index (χ4v) is 9.46. The van der Waals surface area contributed by atoms with Crippen LogP contribution in [0.4, 0.5) is 17.1 Å². The van der Waals surface area contributed by atoms with E-state index >= 15 is 0 Å². The lowest BCUT2D eigenvalue weighted by Crippen LogP contribution is -2.28. The summed E-state index contributed by atoms with van der Waals surface area (Å²) < 4.78 is 0.